The van der Waals surface area contributed by atoms with Gasteiger partial charge in [0.05, 0.1) is 6.21 Å². The Morgan fingerprint density at radius 1 is 1.20 bits per heavy atom. The fourth-order valence-electron chi connectivity index (χ4n) is 1.61. The lowest BCUT2D eigenvalue weighted by molar-refractivity contribution is -0.129. The number of nitrogens with zero attached hydrogens (tertiary/aromatic N) is 1. The van der Waals surface area contributed by atoms with Gasteiger partial charge in [0.1, 0.15) is 0 Å². The number of carbonyl (C=O) groups excluding carboxylic acids is 1. The van der Waals surface area contributed by atoms with Crippen molar-refractivity contribution < 1.29 is 9.90 Å². The molecule has 4 nitrogen and oxygen atoms in total. The van der Waals surface area contributed by atoms with E-state index in [1.807, 2.05) is 30.3 Å². The third kappa shape index (κ3) is 4.01. The van der Waals surface area contributed by atoms with E-state index in [9.17, 15) is 9.90 Å². The number of hydrogen-bond acceptors (Lipinski definition) is 3. The smallest absolute Gasteiger partial charge is 0.273 e. The second-order valence-electron chi connectivity index (χ2n) is 4.10. The molecule has 0 radical (unpaired) electrons. The summed E-state index contributed by atoms with van der Waals surface area (Å²) in [5.74, 6) is -0.567. The summed E-state index contributed by atoms with van der Waals surface area (Å²) in [5.41, 5.74) is 3.69. The Bertz CT molecular complexity index is 614. The largest absolute Gasteiger partial charge is 0.378 e. The van der Waals surface area contributed by atoms with Gasteiger partial charge < -0.3 is 5.11 Å². The van der Waals surface area contributed by atoms with Crippen molar-refractivity contribution in [1.82, 2.24) is 5.43 Å². The van der Waals surface area contributed by atoms with E-state index in [4.69, 9.17) is 0 Å². The lowest BCUT2D eigenvalue weighted by Gasteiger charge is -2.08. The van der Waals surface area contributed by atoms with Crippen LogP contribution in [0.4, 0.5) is 0 Å². The molecule has 102 valence electrons. The molecular formula is C15H13BrN2O2. The van der Waals surface area contributed by atoms with Crippen LogP contribution in [0.15, 0.2) is 64.2 Å². The molecule has 0 unspecified atom stereocenters. The Balaban J connectivity index is 1.95. The first-order valence-corrected chi connectivity index (χ1v) is 6.77. The summed E-state index contributed by atoms with van der Waals surface area (Å²) in [4.78, 5) is 11.7. The van der Waals surface area contributed by atoms with E-state index < -0.39 is 12.0 Å². The van der Waals surface area contributed by atoms with E-state index in [2.05, 4.69) is 26.5 Å². The van der Waals surface area contributed by atoms with Crippen LogP contribution in [0.25, 0.3) is 0 Å². The van der Waals surface area contributed by atoms with Gasteiger partial charge in [-0.25, -0.2) is 5.43 Å². The molecule has 0 aliphatic heterocycles. The summed E-state index contributed by atoms with van der Waals surface area (Å²) < 4.78 is 0.928. The van der Waals surface area contributed by atoms with Gasteiger partial charge in [0.2, 0.25) is 0 Å². The molecule has 2 aromatic carbocycles. The zero-order valence-electron chi connectivity index (χ0n) is 10.5. The van der Waals surface area contributed by atoms with E-state index >= 15 is 0 Å². The zero-order valence-corrected chi connectivity index (χ0v) is 12.1. The Kier molecular flexibility index (Phi) is 5.03. The number of amides is 1. The van der Waals surface area contributed by atoms with Crippen molar-refractivity contribution in [3.8, 4) is 0 Å². The lowest BCUT2D eigenvalue weighted by atomic mass is 10.1. The number of halogens is 1. The van der Waals surface area contributed by atoms with E-state index in [0.717, 1.165) is 10.0 Å². The Morgan fingerprint density at radius 2 is 1.95 bits per heavy atom. The topological polar surface area (TPSA) is 61.7 Å². The molecule has 0 aliphatic carbocycles. The predicted octanol–water partition coefficient (Wildman–Crippen LogP) is 2.63. The summed E-state index contributed by atoms with van der Waals surface area (Å²) in [6.45, 7) is 0. The second kappa shape index (κ2) is 6.98. The highest BCUT2D eigenvalue weighted by atomic mass is 79.9. The number of aliphatic hydroxyl groups excluding tert-OH is 1. The molecule has 2 rings (SSSR count). The fraction of sp³-hybridized carbons (Fsp3) is 0.0667. The van der Waals surface area contributed by atoms with Gasteiger partial charge in [0.25, 0.3) is 5.91 Å². The minimum absolute atomic E-state index is 0.530. The molecule has 5 heteroatoms. The minimum atomic E-state index is -1.23. The van der Waals surface area contributed by atoms with E-state index in [1.54, 1.807) is 24.3 Å². The molecule has 0 saturated heterocycles. The minimum Gasteiger partial charge on any atom is -0.378 e. The SMILES string of the molecule is O=C(NN=Cc1cccc(Br)c1)[C@H](O)c1ccccc1. The molecule has 0 saturated carbocycles. The van der Waals surface area contributed by atoms with Gasteiger partial charge in [-0.15, -0.1) is 0 Å². The summed E-state index contributed by atoms with van der Waals surface area (Å²) in [5, 5.41) is 13.7. The second-order valence-corrected chi connectivity index (χ2v) is 5.02. The summed E-state index contributed by atoms with van der Waals surface area (Å²) in [6.07, 6.45) is 0.288. The van der Waals surface area contributed by atoms with Gasteiger partial charge in [-0.05, 0) is 23.3 Å². The normalized spacial score (nSPS) is 12.3. The molecule has 0 bridgehead atoms. The number of hydrogen-bond donors (Lipinski definition) is 2. The zero-order chi connectivity index (χ0) is 14.4. The number of nitrogens with one attached hydrogen (secondary N) is 1. The highest BCUT2D eigenvalue weighted by Gasteiger charge is 2.15. The maximum atomic E-state index is 11.7. The van der Waals surface area contributed by atoms with Gasteiger partial charge in [-0.1, -0.05) is 58.4 Å². The van der Waals surface area contributed by atoms with Crippen LogP contribution in [-0.2, 0) is 4.79 Å². The Morgan fingerprint density at radius 3 is 2.65 bits per heavy atom. The molecule has 0 fully saturated rings. The first-order valence-electron chi connectivity index (χ1n) is 5.98. The average molecular weight is 333 g/mol. The average Bonchev–Trinajstić information content (AvgIpc) is 2.47. The first-order chi connectivity index (χ1) is 9.66. The van der Waals surface area contributed by atoms with Crippen LogP contribution in [0.2, 0.25) is 0 Å². The molecule has 1 atom stereocenters. The van der Waals surface area contributed by atoms with E-state index in [-0.39, 0.29) is 0 Å². The van der Waals surface area contributed by atoms with Crippen molar-refractivity contribution in [2.24, 2.45) is 5.10 Å². The highest BCUT2D eigenvalue weighted by Crippen LogP contribution is 2.12. The summed E-state index contributed by atoms with van der Waals surface area (Å²) in [7, 11) is 0. The summed E-state index contributed by atoms with van der Waals surface area (Å²) in [6, 6.07) is 16.2. The maximum Gasteiger partial charge on any atom is 0.273 e. The first kappa shape index (κ1) is 14.4. The van der Waals surface area contributed by atoms with Gasteiger partial charge in [0.15, 0.2) is 6.10 Å². The van der Waals surface area contributed by atoms with E-state index in [0.29, 0.717) is 5.56 Å². The van der Waals surface area contributed by atoms with Crippen LogP contribution >= 0.6 is 15.9 Å². The lowest BCUT2D eigenvalue weighted by Crippen LogP contribution is -2.25. The van der Waals surface area contributed by atoms with Crippen molar-refractivity contribution in [2.75, 3.05) is 0 Å². The molecule has 0 spiro atoms. The maximum absolute atomic E-state index is 11.7. The van der Waals surface area contributed by atoms with Gasteiger partial charge in [0, 0.05) is 4.47 Å². The summed E-state index contributed by atoms with van der Waals surface area (Å²) >= 11 is 3.35. The van der Waals surface area contributed by atoms with Crippen LogP contribution in [-0.4, -0.2) is 17.2 Å². The third-order valence-electron chi connectivity index (χ3n) is 2.60. The molecule has 1 amide bonds. The van der Waals surface area contributed by atoms with Crippen molar-refractivity contribution in [1.29, 1.82) is 0 Å². The number of rotatable bonds is 4. The van der Waals surface area contributed by atoms with Gasteiger partial charge >= 0.3 is 0 Å². The standard InChI is InChI=1S/C15H13BrN2O2/c16-13-8-4-5-11(9-13)10-17-18-15(20)14(19)12-6-2-1-3-7-12/h1-10,14,19H,(H,18,20)/t14-/m1/s1. The molecular weight excluding hydrogens is 320 g/mol. The molecule has 2 N–H and O–H groups in total. The molecule has 2 aromatic rings. The van der Waals surface area contributed by atoms with E-state index in [1.165, 1.54) is 6.21 Å². The third-order valence-corrected chi connectivity index (χ3v) is 3.09. The molecule has 0 aromatic heterocycles. The number of benzene rings is 2. The number of hydrazone groups is 1. The predicted molar refractivity (Wildman–Crippen MR) is 81.3 cm³/mol. The van der Waals surface area contributed by atoms with Crippen LogP contribution in [0.1, 0.15) is 17.2 Å². The Labute approximate surface area is 125 Å². The fourth-order valence-corrected chi connectivity index (χ4v) is 2.02. The van der Waals surface area contributed by atoms with Crippen LogP contribution in [0, 0.1) is 0 Å². The van der Waals surface area contributed by atoms with Gasteiger partial charge in [-0.2, -0.15) is 5.10 Å². The molecule has 0 aliphatic rings. The van der Waals surface area contributed by atoms with Gasteiger partial charge in [-0.3, -0.25) is 4.79 Å². The number of carbonyl (C=O) groups is 1. The van der Waals surface area contributed by atoms with Crippen molar-refractivity contribution in [3.63, 3.8) is 0 Å². The monoisotopic (exact) mass is 332 g/mol. The van der Waals surface area contributed by atoms with Crippen molar-refractivity contribution in [3.05, 3.63) is 70.2 Å². The quantitative estimate of drug-likeness (QED) is 0.667. The number of aliphatic hydroxyl groups is 1. The van der Waals surface area contributed by atoms with Crippen molar-refractivity contribution >= 4 is 28.1 Å². The van der Waals surface area contributed by atoms with Crippen LogP contribution < -0.4 is 5.43 Å². The highest BCUT2D eigenvalue weighted by molar-refractivity contribution is 9.10. The van der Waals surface area contributed by atoms with Crippen LogP contribution in [0.3, 0.4) is 0 Å². The molecule has 20 heavy (non-hydrogen) atoms. The Hall–Kier alpha value is -1.98. The van der Waals surface area contributed by atoms with Crippen LogP contribution in [0.5, 0.6) is 0 Å². The molecule has 0 heterocycles. The van der Waals surface area contributed by atoms with Crippen molar-refractivity contribution in [2.45, 2.75) is 6.10 Å².